The van der Waals surface area contributed by atoms with Crippen LogP contribution in [-0.4, -0.2) is 57.2 Å². The van der Waals surface area contributed by atoms with Gasteiger partial charge in [-0.15, -0.1) is 0 Å². The second-order valence-corrected chi connectivity index (χ2v) is 8.30. The topological polar surface area (TPSA) is 41.4 Å². The van der Waals surface area contributed by atoms with Gasteiger partial charge < -0.3 is 4.90 Å². The van der Waals surface area contributed by atoms with Crippen molar-refractivity contribution in [2.75, 3.05) is 19.6 Å². The number of nitrogens with zero attached hydrogens (tertiary/aromatic N) is 4. The number of likely N-dealkylation sites (tertiary alicyclic amines) is 1. The number of hydrogen-bond donors (Lipinski definition) is 0. The second kappa shape index (κ2) is 6.65. The summed E-state index contributed by atoms with van der Waals surface area (Å²) in [7, 11) is 0. The van der Waals surface area contributed by atoms with Gasteiger partial charge in [0.2, 0.25) is 5.91 Å². The van der Waals surface area contributed by atoms with Gasteiger partial charge in [0.15, 0.2) is 11.6 Å². The normalized spacial score (nSPS) is 31.2. The van der Waals surface area contributed by atoms with Crippen molar-refractivity contribution in [3.8, 4) is 0 Å². The summed E-state index contributed by atoms with van der Waals surface area (Å²) in [6.07, 6.45) is 3.93. The number of benzene rings is 1. The van der Waals surface area contributed by atoms with Crippen LogP contribution in [0.15, 0.2) is 30.5 Å². The summed E-state index contributed by atoms with van der Waals surface area (Å²) < 4.78 is 30.2. The minimum Gasteiger partial charge on any atom is -0.336 e. The van der Waals surface area contributed by atoms with Gasteiger partial charge in [0.25, 0.3) is 0 Å². The molecule has 1 amide bonds. The number of aromatic nitrogens is 2. The van der Waals surface area contributed by atoms with Crippen molar-refractivity contribution >= 4 is 5.91 Å². The number of carbonyl (C=O) groups excluding carboxylic acids is 1. The molecule has 4 fully saturated rings. The van der Waals surface area contributed by atoms with Crippen molar-refractivity contribution in [3.05, 3.63) is 53.4 Å². The van der Waals surface area contributed by atoms with Crippen LogP contribution in [0.5, 0.6) is 0 Å². The number of rotatable bonds is 3. The van der Waals surface area contributed by atoms with Crippen molar-refractivity contribution in [3.63, 3.8) is 0 Å². The Labute approximate surface area is 162 Å². The van der Waals surface area contributed by atoms with E-state index in [-0.39, 0.29) is 30.5 Å². The number of piperidine rings is 3. The maximum absolute atomic E-state index is 14.6. The molecular formula is C21H24F2N4O. The first kappa shape index (κ1) is 17.8. The van der Waals surface area contributed by atoms with Gasteiger partial charge in [-0.25, -0.2) is 8.78 Å². The number of carbonyl (C=O) groups is 1. The maximum atomic E-state index is 14.6. The Morgan fingerprint density at radius 1 is 1.18 bits per heavy atom. The van der Waals surface area contributed by atoms with Crippen LogP contribution in [-0.2, 0) is 11.3 Å². The van der Waals surface area contributed by atoms with Crippen molar-refractivity contribution in [1.82, 2.24) is 19.6 Å². The Morgan fingerprint density at radius 2 is 1.96 bits per heavy atom. The smallest absolute Gasteiger partial charge is 0.244 e. The first-order valence-corrected chi connectivity index (χ1v) is 10.0. The maximum Gasteiger partial charge on any atom is 0.244 e. The molecular weight excluding hydrogens is 362 g/mol. The summed E-state index contributed by atoms with van der Waals surface area (Å²) in [6.45, 7) is 4.45. The highest BCUT2D eigenvalue weighted by atomic mass is 19.2. The van der Waals surface area contributed by atoms with Crippen molar-refractivity contribution < 1.29 is 13.6 Å². The van der Waals surface area contributed by atoms with Crippen LogP contribution < -0.4 is 0 Å². The largest absolute Gasteiger partial charge is 0.336 e. The molecule has 2 bridgehead atoms. The molecule has 28 heavy (non-hydrogen) atoms. The van der Waals surface area contributed by atoms with Crippen LogP contribution in [0, 0.1) is 24.5 Å². The minimum absolute atomic E-state index is 0.00570. The number of amides is 1. The van der Waals surface area contributed by atoms with E-state index in [1.807, 2.05) is 17.9 Å². The minimum atomic E-state index is -0.818. The SMILES string of the molecule is Cc1ccn(CC(=O)N2C[C@H](c3cccc(F)c3F)[C@H]3[C@@H]2C2CCN3CC2)n1. The van der Waals surface area contributed by atoms with E-state index in [1.165, 1.54) is 0 Å². The molecule has 0 saturated carbocycles. The fourth-order valence-corrected chi connectivity index (χ4v) is 5.56. The predicted molar refractivity (Wildman–Crippen MR) is 99.6 cm³/mol. The third kappa shape index (κ3) is 2.75. The molecule has 0 spiro atoms. The van der Waals surface area contributed by atoms with Crippen molar-refractivity contribution in [2.24, 2.45) is 5.92 Å². The second-order valence-electron chi connectivity index (χ2n) is 8.30. The summed E-state index contributed by atoms with van der Waals surface area (Å²) in [5, 5.41) is 4.33. The average molecular weight is 386 g/mol. The van der Waals surface area contributed by atoms with Crippen LogP contribution in [0.2, 0.25) is 0 Å². The van der Waals surface area contributed by atoms with Gasteiger partial charge >= 0.3 is 0 Å². The summed E-state index contributed by atoms with van der Waals surface area (Å²) in [5.41, 5.74) is 1.27. The molecule has 3 atom stereocenters. The highest BCUT2D eigenvalue weighted by molar-refractivity contribution is 5.77. The highest BCUT2D eigenvalue weighted by Crippen LogP contribution is 2.47. The molecule has 6 rings (SSSR count). The zero-order valence-electron chi connectivity index (χ0n) is 15.9. The lowest BCUT2D eigenvalue weighted by Crippen LogP contribution is -2.61. The van der Waals surface area contributed by atoms with Crippen LogP contribution in [0.1, 0.15) is 30.0 Å². The molecule has 4 aliphatic heterocycles. The van der Waals surface area contributed by atoms with E-state index in [2.05, 4.69) is 10.00 Å². The Hall–Kier alpha value is -2.28. The highest BCUT2D eigenvalue weighted by Gasteiger charge is 2.55. The number of halogens is 2. The Bertz CT molecular complexity index is 906. The molecule has 0 radical (unpaired) electrons. The van der Waals surface area contributed by atoms with E-state index in [0.29, 0.717) is 18.0 Å². The van der Waals surface area contributed by atoms with E-state index < -0.39 is 11.6 Å². The van der Waals surface area contributed by atoms with Gasteiger partial charge in [-0.3, -0.25) is 14.4 Å². The Kier molecular flexibility index (Phi) is 4.23. The fourth-order valence-electron chi connectivity index (χ4n) is 5.56. The van der Waals surface area contributed by atoms with Crippen molar-refractivity contribution in [2.45, 2.75) is 44.3 Å². The van der Waals surface area contributed by atoms with Gasteiger partial charge in [0.05, 0.1) is 11.7 Å². The first-order valence-electron chi connectivity index (χ1n) is 10.0. The number of aryl methyl sites for hydroxylation is 1. The molecule has 148 valence electrons. The molecule has 5 heterocycles. The van der Waals surface area contributed by atoms with Crippen LogP contribution >= 0.6 is 0 Å². The molecule has 1 aromatic carbocycles. The Morgan fingerprint density at radius 3 is 2.68 bits per heavy atom. The third-order valence-corrected chi connectivity index (χ3v) is 6.77. The summed E-state index contributed by atoms with van der Waals surface area (Å²) >= 11 is 0. The standard InChI is InChI=1S/C21H24F2N4O/c1-13-5-10-26(24-13)12-18(28)27-11-16(15-3-2-4-17(22)19(15)23)21-20(27)14-6-8-25(21)9-7-14/h2-5,10,14,16,20-21H,6-9,11-12H2,1H3/t16-,20+,21+/m1/s1. The van der Waals surface area contributed by atoms with E-state index in [4.69, 9.17) is 0 Å². The van der Waals surface area contributed by atoms with Crippen LogP contribution in [0.25, 0.3) is 0 Å². The summed E-state index contributed by atoms with van der Waals surface area (Å²) in [6, 6.07) is 6.40. The van der Waals surface area contributed by atoms with Gasteiger partial charge in [-0.2, -0.15) is 5.10 Å². The lowest BCUT2D eigenvalue weighted by molar-refractivity contribution is -0.136. The van der Waals surface area contributed by atoms with Gasteiger partial charge in [0.1, 0.15) is 6.54 Å². The molecule has 2 aromatic rings. The molecule has 5 nitrogen and oxygen atoms in total. The van der Waals surface area contributed by atoms with Crippen molar-refractivity contribution in [1.29, 1.82) is 0 Å². The number of hydrogen-bond acceptors (Lipinski definition) is 3. The van der Waals surface area contributed by atoms with E-state index >= 15 is 0 Å². The van der Waals surface area contributed by atoms with Gasteiger partial charge in [-0.1, -0.05) is 12.1 Å². The molecule has 1 aromatic heterocycles. The lowest BCUT2D eigenvalue weighted by atomic mass is 9.75. The predicted octanol–water partition coefficient (Wildman–Crippen LogP) is 2.56. The van der Waals surface area contributed by atoms with E-state index in [1.54, 1.807) is 23.0 Å². The molecule has 0 N–H and O–H groups in total. The third-order valence-electron chi connectivity index (χ3n) is 6.77. The molecule has 0 unspecified atom stereocenters. The lowest BCUT2D eigenvalue weighted by Gasteiger charge is -2.51. The van der Waals surface area contributed by atoms with Gasteiger partial charge in [0, 0.05) is 24.7 Å². The molecule has 4 saturated heterocycles. The fraction of sp³-hybridized carbons (Fsp3) is 0.524. The molecule has 7 heteroatoms. The summed E-state index contributed by atoms with van der Waals surface area (Å²) in [5.74, 6) is -1.36. The van der Waals surface area contributed by atoms with E-state index in [0.717, 1.165) is 37.7 Å². The van der Waals surface area contributed by atoms with Crippen LogP contribution in [0.4, 0.5) is 8.78 Å². The quantitative estimate of drug-likeness (QED) is 0.814. The first-order chi connectivity index (χ1) is 13.5. The van der Waals surface area contributed by atoms with Gasteiger partial charge in [-0.05, 0) is 56.5 Å². The number of fused-ring (bicyclic) bond motifs is 2. The van der Waals surface area contributed by atoms with Crippen LogP contribution in [0.3, 0.4) is 0 Å². The average Bonchev–Trinajstić information content (AvgIpc) is 3.30. The summed E-state index contributed by atoms with van der Waals surface area (Å²) in [4.78, 5) is 17.5. The Balaban J connectivity index is 1.48. The monoisotopic (exact) mass is 386 g/mol. The zero-order valence-corrected chi connectivity index (χ0v) is 15.9. The molecule has 4 aliphatic rings. The zero-order chi connectivity index (χ0) is 19.4. The molecule has 0 aliphatic carbocycles. The van der Waals surface area contributed by atoms with E-state index in [9.17, 15) is 13.6 Å².